The van der Waals surface area contributed by atoms with E-state index in [1.165, 1.54) is 12.2 Å². The van der Waals surface area contributed by atoms with Crippen molar-refractivity contribution in [2.45, 2.75) is 18.9 Å². The second-order valence-corrected chi connectivity index (χ2v) is 5.49. The summed E-state index contributed by atoms with van der Waals surface area (Å²) in [5.41, 5.74) is 1.06. The molecule has 0 spiro atoms. The standard InChI is InChI=1S/C14H20N2OS/c1-18-10-6-5-9-16-11-15-13(14(16)17)12-7-3-2-4-8-12/h2-4,7-8,13,15H,5-6,9-11H2,1H3. The van der Waals surface area contributed by atoms with Gasteiger partial charge < -0.3 is 4.90 Å². The highest BCUT2D eigenvalue weighted by atomic mass is 32.2. The topological polar surface area (TPSA) is 32.3 Å². The van der Waals surface area contributed by atoms with E-state index in [1.54, 1.807) is 0 Å². The van der Waals surface area contributed by atoms with E-state index in [1.807, 2.05) is 47.0 Å². The number of benzene rings is 1. The van der Waals surface area contributed by atoms with Crippen molar-refractivity contribution in [3.63, 3.8) is 0 Å². The minimum atomic E-state index is -0.147. The van der Waals surface area contributed by atoms with Crippen LogP contribution in [0.5, 0.6) is 0 Å². The molecule has 0 bridgehead atoms. The molecule has 98 valence electrons. The SMILES string of the molecule is CSCCCCN1CNC(c2ccccc2)C1=O. The third-order valence-electron chi connectivity index (χ3n) is 3.20. The van der Waals surface area contributed by atoms with Crippen molar-refractivity contribution < 1.29 is 4.79 Å². The van der Waals surface area contributed by atoms with Crippen molar-refractivity contribution >= 4 is 17.7 Å². The average Bonchev–Trinajstić information content (AvgIpc) is 2.77. The average molecular weight is 264 g/mol. The molecule has 1 fully saturated rings. The third-order valence-corrected chi connectivity index (χ3v) is 3.90. The van der Waals surface area contributed by atoms with Crippen LogP contribution >= 0.6 is 11.8 Å². The van der Waals surface area contributed by atoms with Crippen LogP contribution in [0.25, 0.3) is 0 Å². The van der Waals surface area contributed by atoms with Crippen LogP contribution in [0.1, 0.15) is 24.4 Å². The summed E-state index contributed by atoms with van der Waals surface area (Å²) < 4.78 is 0. The Morgan fingerprint density at radius 1 is 1.33 bits per heavy atom. The Morgan fingerprint density at radius 3 is 2.83 bits per heavy atom. The van der Waals surface area contributed by atoms with Crippen LogP contribution in [0.4, 0.5) is 0 Å². The second-order valence-electron chi connectivity index (χ2n) is 4.51. The maximum Gasteiger partial charge on any atom is 0.245 e. The molecule has 1 amide bonds. The molecule has 0 radical (unpaired) electrons. The Balaban J connectivity index is 1.86. The van der Waals surface area contributed by atoms with Crippen LogP contribution in [0, 0.1) is 0 Å². The Labute approximate surface area is 113 Å². The lowest BCUT2D eigenvalue weighted by molar-refractivity contribution is -0.129. The van der Waals surface area contributed by atoms with E-state index >= 15 is 0 Å². The molecule has 1 aromatic rings. The normalized spacial score (nSPS) is 19.5. The van der Waals surface area contributed by atoms with E-state index in [-0.39, 0.29) is 11.9 Å². The fraction of sp³-hybridized carbons (Fsp3) is 0.500. The predicted molar refractivity (Wildman–Crippen MR) is 76.5 cm³/mol. The number of thioether (sulfide) groups is 1. The molecule has 18 heavy (non-hydrogen) atoms. The van der Waals surface area contributed by atoms with Gasteiger partial charge in [-0.3, -0.25) is 10.1 Å². The van der Waals surface area contributed by atoms with Gasteiger partial charge in [-0.15, -0.1) is 0 Å². The number of hydrogen-bond donors (Lipinski definition) is 1. The predicted octanol–water partition coefficient (Wildman–Crippen LogP) is 2.26. The third kappa shape index (κ3) is 3.27. The molecule has 4 heteroatoms. The first-order chi connectivity index (χ1) is 8.83. The molecule has 1 unspecified atom stereocenters. The summed E-state index contributed by atoms with van der Waals surface area (Å²) >= 11 is 1.86. The molecule has 3 nitrogen and oxygen atoms in total. The van der Waals surface area contributed by atoms with E-state index in [9.17, 15) is 4.79 Å². The quantitative estimate of drug-likeness (QED) is 0.800. The lowest BCUT2D eigenvalue weighted by Gasteiger charge is -2.15. The van der Waals surface area contributed by atoms with Crippen LogP contribution in [-0.2, 0) is 4.79 Å². The molecule has 2 rings (SSSR count). The zero-order valence-electron chi connectivity index (χ0n) is 10.8. The molecule has 1 atom stereocenters. The van der Waals surface area contributed by atoms with Crippen LogP contribution in [0.15, 0.2) is 30.3 Å². The number of nitrogens with zero attached hydrogens (tertiary/aromatic N) is 1. The van der Waals surface area contributed by atoms with Crippen molar-refractivity contribution in [1.29, 1.82) is 0 Å². The van der Waals surface area contributed by atoms with Gasteiger partial charge in [0.05, 0.1) is 6.67 Å². The highest BCUT2D eigenvalue weighted by Gasteiger charge is 2.31. The molecule has 0 saturated carbocycles. The molecule has 1 saturated heterocycles. The van der Waals surface area contributed by atoms with Gasteiger partial charge in [-0.1, -0.05) is 30.3 Å². The molecular weight excluding hydrogens is 244 g/mol. The minimum absolute atomic E-state index is 0.147. The van der Waals surface area contributed by atoms with E-state index in [2.05, 4.69) is 11.6 Å². The highest BCUT2D eigenvalue weighted by Crippen LogP contribution is 2.20. The van der Waals surface area contributed by atoms with E-state index in [4.69, 9.17) is 0 Å². The summed E-state index contributed by atoms with van der Waals surface area (Å²) in [6, 6.07) is 9.80. The van der Waals surface area contributed by atoms with Crippen molar-refractivity contribution in [1.82, 2.24) is 10.2 Å². The van der Waals surface area contributed by atoms with Crippen LogP contribution < -0.4 is 5.32 Å². The number of rotatable bonds is 6. The lowest BCUT2D eigenvalue weighted by Crippen LogP contribution is -2.28. The summed E-state index contributed by atoms with van der Waals surface area (Å²) in [7, 11) is 0. The molecule has 0 aliphatic carbocycles. The molecule has 1 aliphatic heterocycles. The van der Waals surface area contributed by atoms with Gasteiger partial charge in [0.15, 0.2) is 0 Å². The first kappa shape index (κ1) is 13.4. The van der Waals surface area contributed by atoms with Gasteiger partial charge in [-0.05, 0) is 30.4 Å². The molecule has 1 N–H and O–H groups in total. The lowest BCUT2D eigenvalue weighted by atomic mass is 10.1. The maximum atomic E-state index is 12.2. The largest absolute Gasteiger partial charge is 0.328 e. The van der Waals surface area contributed by atoms with Gasteiger partial charge in [0.1, 0.15) is 6.04 Å². The highest BCUT2D eigenvalue weighted by molar-refractivity contribution is 7.98. The maximum absolute atomic E-state index is 12.2. The molecule has 1 heterocycles. The van der Waals surface area contributed by atoms with Gasteiger partial charge >= 0.3 is 0 Å². The zero-order chi connectivity index (χ0) is 12.8. The van der Waals surface area contributed by atoms with Gasteiger partial charge in [0.2, 0.25) is 5.91 Å². The molecule has 0 aromatic heterocycles. The molecule has 1 aliphatic rings. The summed E-state index contributed by atoms with van der Waals surface area (Å²) in [5, 5.41) is 3.28. The molecule has 1 aromatic carbocycles. The number of unbranched alkanes of at least 4 members (excludes halogenated alkanes) is 1. The van der Waals surface area contributed by atoms with Crippen molar-refractivity contribution in [2.75, 3.05) is 25.2 Å². The number of hydrogen-bond acceptors (Lipinski definition) is 3. The summed E-state index contributed by atoms with van der Waals surface area (Å²) in [6.07, 6.45) is 4.39. The number of carbonyl (C=O) groups excluding carboxylic acids is 1. The fourth-order valence-corrected chi connectivity index (χ4v) is 2.69. The van der Waals surface area contributed by atoms with E-state index < -0.39 is 0 Å². The van der Waals surface area contributed by atoms with Gasteiger partial charge in [0, 0.05) is 6.54 Å². The van der Waals surface area contributed by atoms with Crippen molar-refractivity contribution in [3.8, 4) is 0 Å². The Kier molecular flexibility index (Phi) is 5.08. The summed E-state index contributed by atoms with van der Waals surface area (Å²) in [4.78, 5) is 14.2. The van der Waals surface area contributed by atoms with Crippen molar-refractivity contribution in [2.24, 2.45) is 0 Å². The first-order valence-corrected chi connectivity index (χ1v) is 7.78. The van der Waals surface area contributed by atoms with Crippen molar-refractivity contribution in [3.05, 3.63) is 35.9 Å². The minimum Gasteiger partial charge on any atom is -0.328 e. The van der Waals surface area contributed by atoms with Crippen LogP contribution in [0.2, 0.25) is 0 Å². The molecular formula is C14H20N2OS. The van der Waals surface area contributed by atoms with E-state index in [0.29, 0.717) is 6.67 Å². The Bertz CT molecular complexity index is 383. The number of amides is 1. The summed E-state index contributed by atoms with van der Waals surface area (Å²) in [5.74, 6) is 1.39. The second kappa shape index (κ2) is 6.81. The monoisotopic (exact) mass is 264 g/mol. The fourth-order valence-electron chi connectivity index (χ4n) is 2.19. The zero-order valence-corrected chi connectivity index (χ0v) is 11.6. The van der Waals surface area contributed by atoms with Crippen LogP contribution in [0.3, 0.4) is 0 Å². The van der Waals surface area contributed by atoms with Gasteiger partial charge in [0.25, 0.3) is 0 Å². The number of nitrogens with one attached hydrogen (secondary N) is 1. The smallest absolute Gasteiger partial charge is 0.245 e. The number of carbonyl (C=O) groups is 1. The van der Waals surface area contributed by atoms with Crippen LogP contribution in [-0.4, -0.2) is 36.0 Å². The van der Waals surface area contributed by atoms with Gasteiger partial charge in [-0.25, -0.2) is 0 Å². The summed E-state index contributed by atoms with van der Waals surface area (Å²) in [6.45, 7) is 1.55. The Hall–Kier alpha value is -1.00. The Morgan fingerprint density at radius 2 is 2.11 bits per heavy atom. The van der Waals surface area contributed by atoms with Gasteiger partial charge in [-0.2, -0.15) is 11.8 Å². The van der Waals surface area contributed by atoms with E-state index in [0.717, 1.165) is 18.5 Å². The first-order valence-electron chi connectivity index (χ1n) is 6.39.